The summed E-state index contributed by atoms with van der Waals surface area (Å²) >= 11 is 6.21. The smallest absolute Gasteiger partial charge is 0.0794 e. The molecule has 2 rings (SSSR count). The van der Waals surface area contributed by atoms with Crippen molar-refractivity contribution in [1.82, 2.24) is 0 Å². The zero-order chi connectivity index (χ0) is 10.3. The number of fused-ring (bicyclic) bond motifs is 1. The second kappa shape index (κ2) is 3.35. The van der Waals surface area contributed by atoms with Crippen molar-refractivity contribution >= 4 is 23.0 Å². The number of benzene rings is 1. The summed E-state index contributed by atoms with van der Waals surface area (Å²) < 4.78 is 0. The van der Waals surface area contributed by atoms with Gasteiger partial charge in [0.05, 0.1) is 16.4 Å². The first-order valence-corrected chi connectivity index (χ1v) is 5.20. The van der Waals surface area contributed by atoms with E-state index in [2.05, 4.69) is 36.9 Å². The summed E-state index contributed by atoms with van der Waals surface area (Å²) in [7, 11) is 4.21. The Morgan fingerprint density at radius 1 is 1.07 bits per heavy atom. The number of rotatable bonds is 0. The van der Waals surface area contributed by atoms with Gasteiger partial charge in [-0.3, -0.25) is 0 Å². The second-order valence-corrected chi connectivity index (χ2v) is 4.31. The number of nitrogens with zero attached hydrogens (tertiary/aromatic N) is 2. The van der Waals surface area contributed by atoms with Gasteiger partial charge in [-0.25, -0.2) is 0 Å². The Balaban J connectivity index is 2.65. The maximum atomic E-state index is 6.21. The molecule has 0 saturated heterocycles. The molecule has 0 radical (unpaired) electrons. The molecule has 1 heterocycles. The Kier molecular flexibility index (Phi) is 2.31. The molecule has 1 aliphatic heterocycles. The van der Waals surface area contributed by atoms with E-state index in [9.17, 15) is 0 Å². The van der Waals surface area contributed by atoms with E-state index in [4.69, 9.17) is 11.6 Å². The third-order valence-corrected chi connectivity index (χ3v) is 3.14. The molecule has 0 N–H and O–H groups in total. The lowest BCUT2D eigenvalue weighted by Crippen LogP contribution is -2.37. The Morgan fingerprint density at radius 3 is 2.21 bits per heavy atom. The van der Waals surface area contributed by atoms with E-state index in [0.717, 1.165) is 18.1 Å². The van der Waals surface area contributed by atoms with Gasteiger partial charge < -0.3 is 9.80 Å². The predicted molar refractivity (Wildman–Crippen MR) is 62.7 cm³/mol. The van der Waals surface area contributed by atoms with Crippen LogP contribution in [-0.2, 0) is 0 Å². The van der Waals surface area contributed by atoms with E-state index in [1.807, 2.05) is 6.07 Å². The third kappa shape index (κ3) is 1.34. The number of likely N-dealkylation sites (N-methyl/N-ethyl adjacent to an activating group) is 2. The Hall–Kier alpha value is -0.890. The highest BCUT2D eigenvalue weighted by atomic mass is 35.5. The molecule has 0 amide bonds. The molecular formula is C11H15ClN2. The van der Waals surface area contributed by atoms with Gasteiger partial charge in [0, 0.05) is 27.2 Å². The van der Waals surface area contributed by atoms with Crippen LogP contribution in [0.25, 0.3) is 0 Å². The van der Waals surface area contributed by atoms with Crippen molar-refractivity contribution in [3.8, 4) is 0 Å². The van der Waals surface area contributed by atoms with Crippen LogP contribution in [0.3, 0.4) is 0 Å². The zero-order valence-corrected chi connectivity index (χ0v) is 9.60. The summed E-state index contributed by atoms with van der Waals surface area (Å²) in [6, 6.07) is 4.06. The average Bonchev–Trinajstić information content (AvgIpc) is 2.16. The molecule has 1 aromatic rings. The molecule has 0 spiro atoms. The number of anilines is 2. The molecule has 0 aliphatic carbocycles. The number of hydrogen-bond acceptors (Lipinski definition) is 2. The van der Waals surface area contributed by atoms with Gasteiger partial charge in [0.2, 0.25) is 0 Å². The highest BCUT2D eigenvalue weighted by molar-refractivity contribution is 6.34. The Morgan fingerprint density at radius 2 is 1.64 bits per heavy atom. The van der Waals surface area contributed by atoms with E-state index in [0.29, 0.717) is 0 Å². The maximum absolute atomic E-state index is 6.21. The standard InChI is InChI=1S/C11H15ClN2/c1-8-4-5-9(12)11-10(8)13(2)6-7-14(11)3/h4-5H,6-7H2,1-3H3. The van der Waals surface area contributed by atoms with Gasteiger partial charge >= 0.3 is 0 Å². The minimum absolute atomic E-state index is 0.847. The lowest BCUT2D eigenvalue weighted by molar-refractivity contribution is 0.794. The molecule has 2 nitrogen and oxygen atoms in total. The van der Waals surface area contributed by atoms with Crippen molar-refractivity contribution in [1.29, 1.82) is 0 Å². The summed E-state index contributed by atoms with van der Waals surface area (Å²) in [5.74, 6) is 0. The minimum atomic E-state index is 0.847. The van der Waals surface area contributed by atoms with E-state index >= 15 is 0 Å². The largest absolute Gasteiger partial charge is 0.371 e. The summed E-state index contributed by atoms with van der Waals surface area (Å²) in [5.41, 5.74) is 3.73. The van der Waals surface area contributed by atoms with Gasteiger partial charge in [0.25, 0.3) is 0 Å². The number of aryl methyl sites for hydroxylation is 1. The normalized spacial score (nSPS) is 15.7. The molecular weight excluding hydrogens is 196 g/mol. The summed E-state index contributed by atoms with van der Waals surface area (Å²) in [5, 5.41) is 0.847. The van der Waals surface area contributed by atoms with Crippen LogP contribution >= 0.6 is 11.6 Å². The Bertz CT molecular complexity index is 328. The molecule has 0 bridgehead atoms. The van der Waals surface area contributed by atoms with E-state index in [-0.39, 0.29) is 0 Å². The lowest BCUT2D eigenvalue weighted by Gasteiger charge is -2.36. The highest BCUT2D eigenvalue weighted by Crippen LogP contribution is 2.39. The van der Waals surface area contributed by atoms with E-state index < -0.39 is 0 Å². The first-order valence-electron chi connectivity index (χ1n) is 4.82. The van der Waals surface area contributed by atoms with Crippen LogP contribution in [0.1, 0.15) is 5.56 Å². The monoisotopic (exact) mass is 210 g/mol. The van der Waals surface area contributed by atoms with Crippen LogP contribution in [-0.4, -0.2) is 27.2 Å². The highest BCUT2D eigenvalue weighted by Gasteiger charge is 2.21. The van der Waals surface area contributed by atoms with Crippen LogP contribution in [0, 0.1) is 6.92 Å². The number of hydrogen-bond donors (Lipinski definition) is 0. The molecule has 1 aromatic carbocycles. The van der Waals surface area contributed by atoms with Crippen LogP contribution in [0.2, 0.25) is 5.02 Å². The topological polar surface area (TPSA) is 6.48 Å². The quantitative estimate of drug-likeness (QED) is 0.650. The zero-order valence-electron chi connectivity index (χ0n) is 8.84. The maximum Gasteiger partial charge on any atom is 0.0794 e. The predicted octanol–water partition coefficient (Wildman–Crippen LogP) is 2.53. The molecule has 0 saturated carbocycles. The SMILES string of the molecule is Cc1ccc(Cl)c2c1N(C)CCN2C. The van der Waals surface area contributed by atoms with Crippen LogP contribution < -0.4 is 9.80 Å². The Labute approximate surface area is 90.1 Å². The van der Waals surface area contributed by atoms with Gasteiger partial charge in [-0.15, -0.1) is 0 Å². The van der Waals surface area contributed by atoms with Gasteiger partial charge in [0.1, 0.15) is 0 Å². The number of halogens is 1. The molecule has 76 valence electrons. The van der Waals surface area contributed by atoms with Gasteiger partial charge in [-0.2, -0.15) is 0 Å². The first kappa shape index (κ1) is 9.66. The molecule has 0 fully saturated rings. The fourth-order valence-corrected chi connectivity index (χ4v) is 2.32. The van der Waals surface area contributed by atoms with Crippen molar-refractivity contribution in [2.75, 3.05) is 37.0 Å². The van der Waals surface area contributed by atoms with Crippen molar-refractivity contribution in [3.63, 3.8) is 0 Å². The van der Waals surface area contributed by atoms with Crippen LogP contribution in [0.4, 0.5) is 11.4 Å². The molecule has 0 unspecified atom stereocenters. The molecule has 14 heavy (non-hydrogen) atoms. The second-order valence-electron chi connectivity index (χ2n) is 3.90. The molecule has 0 atom stereocenters. The fourth-order valence-electron chi connectivity index (χ4n) is 2.02. The molecule has 0 aromatic heterocycles. The van der Waals surface area contributed by atoms with Crippen molar-refractivity contribution in [2.45, 2.75) is 6.92 Å². The van der Waals surface area contributed by atoms with Gasteiger partial charge in [-0.05, 0) is 18.6 Å². The first-order chi connectivity index (χ1) is 6.61. The fraction of sp³-hybridized carbons (Fsp3) is 0.455. The van der Waals surface area contributed by atoms with Crippen LogP contribution in [0.5, 0.6) is 0 Å². The van der Waals surface area contributed by atoms with Gasteiger partial charge in [0.15, 0.2) is 0 Å². The van der Waals surface area contributed by atoms with Crippen molar-refractivity contribution in [3.05, 3.63) is 22.7 Å². The van der Waals surface area contributed by atoms with Gasteiger partial charge in [-0.1, -0.05) is 17.7 Å². The average molecular weight is 211 g/mol. The van der Waals surface area contributed by atoms with Crippen LogP contribution in [0.15, 0.2) is 12.1 Å². The summed E-state index contributed by atoms with van der Waals surface area (Å²) in [6.45, 7) is 4.22. The van der Waals surface area contributed by atoms with E-state index in [1.165, 1.54) is 16.9 Å². The van der Waals surface area contributed by atoms with E-state index in [1.54, 1.807) is 0 Å². The summed E-state index contributed by atoms with van der Waals surface area (Å²) in [4.78, 5) is 4.50. The van der Waals surface area contributed by atoms with Crippen molar-refractivity contribution < 1.29 is 0 Å². The molecule has 3 heteroatoms. The lowest BCUT2D eigenvalue weighted by atomic mass is 10.1. The summed E-state index contributed by atoms with van der Waals surface area (Å²) in [6.07, 6.45) is 0. The van der Waals surface area contributed by atoms with Crippen molar-refractivity contribution in [2.24, 2.45) is 0 Å². The minimum Gasteiger partial charge on any atom is -0.371 e. The third-order valence-electron chi connectivity index (χ3n) is 2.84. The molecule has 1 aliphatic rings.